The number of amides is 1. The Morgan fingerprint density at radius 3 is 2.92 bits per heavy atom. The summed E-state index contributed by atoms with van der Waals surface area (Å²) in [7, 11) is 1.65. The summed E-state index contributed by atoms with van der Waals surface area (Å²) in [6, 6.07) is 7.60. The van der Waals surface area contributed by atoms with Crippen LogP contribution in [0.2, 0.25) is 0 Å². The average molecular weight is 277 g/mol. The number of halogens is 1. The SMILES string of the molecule is COI1NC(=O)c2ccccc21. The van der Waals surface area contributed by atoms with E-state index in [0.29, 0.717) is 0 Å². The van der Waals surface area contributed by atoms with Crippen LogP contribution < -0.4 is 3.53 Å². The van der Waals surface area contributed by atoms with Crippen molar-refractivity contribution in [2.24, 2.45) is 0 Å². The number of fused-ring (bicyclic) bond motifs is 1. The van der Waals surface area contributed by atoms with Crippen LogP contribution in [0, 0.1) is 3.57 Å². The van der Waals surface area contributed by atoms with Crippen molar-refractivity contribution >= 4 is 26.4 Å². The van der Waals surface area contributed by atoms with Gasteiger partial charge >= 0.3 is 78.3 Å². The quantitative estimate of drug-likeness (QED) is 0.625. The molecule has 0 radical (unpaired) electrons. The zero-order chi connectivity index (χ0) is 8.55. The molecule has 1 N–H and O–H groups in total. The van der Waals surface area contributed by atoms with Crippen LogP contribution in [0.3, 0.4) is 0 Å². The van der Waals surface area contributed by atoms with Gasteiger partial charge < -0.3 is 0 Å². The first-order chi connectivity index (χ1) is 5.83. The Bertz CT molecular complexity index is 327. The van der Waals surface area contributed by atoms with Gasteiger partial charge in [0.2, 0.25) is 0 Å². The van der Waals surface area contributed by atoms with Crippen LogP contribution in [-0.4, -0.2) is 13.0 Å². The number of rotatable bonds is 1. The molecule has 0 spiro atoms. The van der Waals surface area contributed by atoms with Gasteiger partial charge in [-0.2, -0.15) is 0 Å². The summed E-state index contributed by atoms with van der Waals surface area (Å²) in [6.07, 6.45) is 0. The third-order valence-corrected chi connectivity index (χ3v) is 5.49. The van der Waals surface area contributed by atoms with Crippen LogP contribution in [0.25, 0.3) is 0 Å². The van der Waals surface area contributed by atoms with Gasteiger partial charge in [0.15, 0.2) is 0 Å². The molecule has 4 heteroatoms. The molecule has 1 aliphatic rings. The molecule has 0 atom stereocenters. The van der Waals surface area contributed by atoms with Gasteiger partial charge in [0.25, 0.3) is 0 Å². The van der Waals surface area contributed by atoms with Gasteiger partial charge in [-0.3, -0.25) is 0 Å². The Kier molecular flexibility index (Phi) is 2.02. The van der Waals surface area contributed by atoms with E-state index in [1.54, 1.807) is 7.11 Å². The molecule has 0 saturated heterocycles. The predicted octanol–water partition coefficient (Wildman–Crippen LogP) is 1.58. The van der Waals surface area contributed by atoms with Gasteiger partial charge in [0.05, 0.1) is 0 Å². The van der Waals surface area contributed by atoms with Crippen molar-refractivity contribution in [3.05, 3.63) is 33.4 Å². The second kappa shape index (κ2) is 3.02. The van der Waals surface area contributed by atoms with Crippen molar-refractivity contribution in [2.45, 2.75) is 0 Å². The molecule has 0 fully saturated rings. The summed E-state index contributed by atoms with van der Waals surface area (Å²) in [4.78, 5) is 11.3. The van der Waals surface area contributed by atoms with Crippen LogP contribution in [0.5, 0.6) is 0 Å². The van der Waals surface area contributed by atoms with Crippen molar-refractivity contribution in [3.63, 3.8) is 0 Å². The molecule has 1 aromatic rings. The first kappa shape index (κ1) is 8.00. The van der Waals surface area contributed by atoms with E-state index >= 15 is 0 Å². The maximum atomic E-state index is 11.3. The second-order valence-corrected chi connectivity index (χ2v) is 6.31. The minimum atomic E-state index is -1.79. The molecular formula is C8H8INO2. The summed E-state index contributed by atoms with van der Waals surface area (Å²) < 4.78 is 9.18. The fourth-order valence-electron chi connectivity index (χ4n) is 1.10. The molecule has 1 heterocycles. The Hall–Kier alpha value is -0.620. The molecule has 3 nitrogen and oxygen atoms in total. The van der Waals surface area contributed by atoms with Gasteiger partial charge in [-0.25, -0.2) is 0 Å². The summed E-state index contributed by atoms with van der Waals surface area (Å²) in [5.74, 6) is 0.0117. The summed E-state index contributed by atoms with van der Waals surface area (Å²) in [5, 5.41) is 0. The van der Waals surface area contributed by atoms with Crippen LogP contribution in [0.4, 0.5) is 0 Å². The molecular weight excluding hydrogens is 269 g/mol. The normalized spacial score (nSPS) is 17.4. The van der Waals surface area contributed by atoms with Crippen LogP contribution in [-0.2, 0) is 3.07 Å². The predicted molar refractivity (Wildman–Crippen MR) is 53.6 cm³/mol. The first-order valence-corrected chi connectivity index (χ1v) is 6.51. The molecule has 1 aromatic carbocycles. The van der Waals surface area contributed by atoms with Gasteiger partial charge in [-0.1, -0.05) is 0 Å². The first-order valence-electron chi connectivity index (χ1n) is 3.47. The van der Waals surface area contributed by atoms with Gasteiger partial charge in [0, 0.05) is 0 Å². The topological polar surface area (TPSA) is 38.3 Å². The molecule has 2 rings (SSSR count). The van der Waals surface area contributed by atoms with Crippen molar-refractivity contribution in [1.29, 1.82) is 0 Å². The van der Waals surface area contributed by atoms with Gasteiger partial charge in [0.1, 0.15) is 0 Å². The molecule has 0 unspecified atom stereocenters. The maximum absolute atomic E-state index is 11.3. The molecule has 0 bridgehead atoms. The number of nitrogens with one attached hydrogen (secondary N) is 1. The number of hydrogen-bond acceptors (Lipinski definition) is 2. The van der Waals surface area contributed by atoms with Crippen molar-refractivity contribution in [2.75, 3.05) is 7.11 Å². The van der Waals surface area contributed by atoms with E-state index in [4.69, 9.17) is 3.07 Å². The molecule has 12 heavy (non-hydrogen) atoms. The van der Waals surface area contributed by atoms with E-state index in [9.17, 15) is 4.79 Å². The van der Waals surface area contributed by atoms with Gasteiger partial charge in [-0.05, 0) is 0 Å². The third-order valence-electron chi connectivity index (χ3n) is 1.63. The fourth-order valence-corrected chi connectivity index (χ4v) is 4.30. The number of benzene rings is 1. The molecule has 1 amide bonds. The Morgan fingerprint density at radius 2 is 2.17 bits per heavy atom. The summed E-state index contributed by atoms with van der Waals surface area (Å²) in [6.45, 7) is 0. The number of carbonyl (C=O) groups excluding carboxylic acids is 1. The van der Waals surface area contributed by atoms with Crippen molar-refractivity contribution in [1.82, 2.24) is 3.53 Å². The van der Waals surface area contributed by atoms with Crippen molar-refractivity contribution in [3.8, 4) is 0 Å². The number of hydrogen-bond donors (Lipinski definition) is 1. The van der Waals surface area contributed by atoms with Crippen LogP contribution in [0.15, 0.2) is 24.3 Å². The van der Waals surface area contributed by atoms with E-state index in [-0.39, 0.29) is 5.91 Å². The Morgan fingerprint density at radius 1 is 1.42 bits per heavy atom. The van der Waals surface area contributed by atoms with E-state index in [1.165, 1.54) is 0 Å². The van der Waals surface area contributed by atoms with E-state index in [2.05, 4.69) is 3.53 Å². The second-order valence-electron chi connectivity index (χ2n) is 2.31. The monoisotopic (exact) mass is 277 g/mol. The van der Waals surface area contributed by atoms with E-state index in [1.807, 2.05) is 24.3 Å². The molecule has 0 saturated carbocycles. The summed E-state index contributed by atoms with van der Waals surface area (Å²) >= 11 is -1.79. The minimum absolute atomic E-state index is 0.0117. The zero-order valence-corrected chi connectivity index (χ0v) is 8.66. The van der Waals surface area contributed by atoms with E-state index in [0.717, 1.165) is 9.13 Å². The standard InChI is InChI=1S/C8H8INO2/c1-12-9-7-5-3-2-4-6(7)8(11)10-9/h2-5H,1H3,(H,10,11). The average Bonchev–Trinajstić information content (AvgIpc) is 2.44. The summed E-state index contributed by atoms with van der Waals surface area (Å²) in [5.41, 5.74) is 0.782. The number of carbonyl (C=O) groups is 1. The van der Waals surface area contributed by atoms with Gasteiger partial charge in [-0.15, -0.1) is 0 Å². The zero-order valence-electron chi connectivity index (χ0n) is 6.50. The molecule has 0 aromatic heterocycles. The molecule has 1 aliphatic heterocycles. The Balaban J connectivity index is 2.50. The van der Waals surface area contributed by atoms with E-state index < -0.39 is 20.5 Å². The van der Waals surface area contributed by atoms with Crippen LogP contribution >= 0.6 is 20.5 Å². The van der Waals surface area contributed by atoms with Crippen molar-refractivity contribution < 1.29 is 7.86 Å². The Labute approximate surface area is 78.4 Å². The fraction of sp³-hybridized carbons (Fsp3) is 0.125. The molecule has 64 valence electrons. The van der Waals surface area contributed by atoms with Crippen LogP contribution in [0.1, 0.15) is 10.4 Å². The third kappa shape index (κ3) is 1.11. The molecule has 0 aliphatic carbocycles.